The molecule has 15 heavy (non-hydrogen) atoms. The molecule has 0 aliphatic rings. The van der Waals surface area contributed by atoms with Crippen LogP contribution in [0.15, 0.2) is 24.3 Å². The molecule has 0 aromatic heterocycles. The van der Waals surface area contributed by atoms with Gasteiger partial charge in [0.2, 0.25) is 0 Å². The molecule has 0 saturated carbocycles. The van der Waals surface area contributed by atoms with Crippen LogP contribution in [0.5, 0.6) is 0 Å². The van der Waals surface area contributed by atoms with E-state index in [9.17, 15) is 10.2 Å². The average Bonchev–Trinajstić information content (AvgIpc) is 2.26. The summed E-state index contributed by atoms with van der Waals surface area (Å²) >= 11 is 0. The largest absolute Gasteiger partial charge is 0.390 e. The first-order chi connectivity index (χ1) is 7.22. The van der Waals surface area contributed by atoms with Gasteiger partial charge >= 0.3 is 0 Å². The highest BCUT2D eigenvalue weighted by Crippen LogP contribution is 1.98. The van der Waals surface area contributed by atoms with E-state index in [1.54, 1.807) is 13.0 Å². The van der Waals surface area contributed by atoms with Gasteiger partial charge in [-0.15, -0.1) is 0 Å². The van der Waals surface area contributed by atoms with Crippen molar-refractivity contribution >= 4 is 0 Å². The smallest absolute Gasteiger partial charge is 0.0988 e. The van der Waals surface area contributed by atoms with Crippen LogP contribution in [0.3, 0.4) is 0 Å². The first-order valence-electron chi connectivity index (χ1n) is 4.87. The molecule has 0 aromatic rings. The molecular weight excluding hydrogens is 188 g/mol. The van der Waals surface area contributed by atoms with Crippen molar-refractivity contribution in [3.8, 4) is 23.7 Å². The van der Waals surface area contributed by atoms with Gasteiger partial charge in [0.05, 0.1) is 12.2 Å². The predicted molar refractivity (Wildman–Crippen MR) is 61.8 cm³/mol. The lowest BCUT2D eigenvalue weighted by molar-refractivity contribution is 0.0466. The standard InChI is InChI=1S/C13H16O2/c1-3-5-6-7-8-9-10-11-13(15)12(14)4-2/h3,5,10-15H,4H2,1-2H3. The second kappa shape index (κ2) is 9.09. The molecule has 0 aromatic carbocycles. The van der Waals surface area contributed by atoms with Crippen LogP contribution in [0.25, 0.3) is 0 Å². The van der Waals surface area contributed by atoms with Crippen LogP contribution in [-0.2, 0) is 0 Å². The molecule has 0 aliphatic heterocycles. The maximum Gasteiger partial charge on any atom is 0.0988 e. The fourth-order valence-corrected chi connectivity index (χ4v) is 0.755. The van der Waals surface area contributed by atoms with Gasteiger partial charge < -0.3 is 10.2 Å². The summed E-state index contributed by atoms with van der Waals surface area (Å²) in [6.07, 6.45) is 5.41. The maximum atomic E-state index is 9.31. The van der Waals surface area contributed by atoms with Gasteiger partial charge in [-0.2, -0.15) is 0 Å². The highest BCUT2D eigenvalue weighted by molar-refractivity contribution is 5.34. The molecule has 0 radical (unpaired) electrons. The third kappa shape index (κ3) is 7.58. The molecule has 2 unspecified atom stereocenters. The Bertz CT molecular complexity index is 331. The van der Waals surface area contributed by atoms with E-state index in [2.05, 4.69) is 23.7 Å². The van der Waals surface area contributed by atoms with Crippen LogP contribution in [0.1, 0.15) is 20.3 Å². The zero-order chi connectivity index (χ0) is 11.5. The Kier molecular flexibility index (Phi) is 8.19. The molecule has 2 heteroatoms. The van der Waals surface area contributed by atoms with Gasteiger partial charge in [0.15, 0.2) is 0 Å². The van der Waals surface area contributed by atoms with Crippen molar-refractivity contribution in [2.24, 2.45) is 0 Å². The maximum absolute atomic E-state index is 9.31. The molecule has 0 aliphatic carbocycles. The van der Waals surface area contributed by atoms with E-state index in [0.717, 1.165) is 0 Å². The van der Waals surface area contributed by atoms with E-state index < -0.39 is 12.2 Å². The van der Waals surface area contributed by atoms with E-state index >= 15 is 0 Å². The summed E-state index contributed by atoms with van der Waals surface area (Å²) < 4.78 is 0. The average molecular weight is 204 g/mol. The van der Waals surface area contributed by atoms with Crippen molar-refractivity contribution in [1.82, 2.24) is 0 Å². The number of rotatable bonds is 3. The van der Waals surface area contributed by atoms with Crippen molar-refractivity contribution in [2.45, 2.75) is 32.5 Å². The first kappa shape index (κ1) is 13.5. The SMILES string of the molecule is CC=CC#CC#CC=CC(O)C(O)CC. The van der Waals surface area contributed by atoms with E-state index in [0.29, 0.717) is 6.42 Å². The second-order valence-corrected chi connectivity index (χ2v) is 2.86. The van der Waals surface area contributed by atoms with Gasteiger partial charge in [0.25, 0.3) is 0 Å². The van der Waals surface area contributed by atoms with Crippen molar-refractivity contribution in [1.29, 1.82) is 0 Å². The zero-order valence-electron chi connectivity index (χ0n) is 9.07. The van der Waals surface area contributed by atoms with Gasteiger partial charge in [-0.05, 0) is 43.4 Å². The van der Waals surface area contributed by atoms with Crippen molar-refractivity contribution < 1.29 is 10.2 Å². The topological polar surface area (TPSA) is 40.5 Å². The molecule has 80 valence electrons. The number of hydrogen-bond donors (Lipinski definition) is 2. The van der Waals surface area contributed by atoms with Crippen LogP contribution < -0.4 is 0 Å². The minimum atomic E-state index is -0.854. The third-order valence-corrected chi connectivity index (χ3v) is 1.65. The molecule has 0 rings (SSSR count). The van der Waals surface area contributed by atoms with E-state index in [-0.39, 0.29) is 0 Å². The second-order valence-electron chi connectivity index (χ2n) is 2.86. The van der Waals surface area contributed by atoms with Crippen LogP contribution in [0, 0.1) is 23.7 Å². The fraction of sp³-hybridized carbons (Fsp3) is 0.385. The minimum Gasteiger partial charge on any atom is -0.390 e. The molecule has 0 saturated heterocycles. The number of aliphatic hydroxyl groups is 2. The summed E-state index contributed by atoms with van der Waals surface area (Å²) in [5.41, 5.74) is 0. The van der Waals surface area contributed by atoms with E-state index in [1.165, 1.54) is 12.2 Å². The Morgan fingerprint density at radius 1 is 1.13 bits per heavy atom. The molecular formula is C13H16O2. The Hall–Kier alpha value is -1.48. The Morgan fingerprint density at radius 3 is 2.27 bits per heavy atom. The first-order valence-corrected chi connectivity index (χ1v) is 4.87. The summed E-state index contributed by atoms with van der Waals surface area (Å²) in [4.78, 5) is 0. The quantitative estimate of drug-likeness (QED) is 0.679. The summed E-state index contributed by atoms with van der Waals surface area (Å²) in [6.45, 7) is 3.68. The van der Waals surface area contributed by atoms with Crippen LogP contribution in [-0.4, -0.2) is 22.4 Å². The lowest BCUT2D eigenvalue weighted by Gasteiger charge is -2.10. The molecule has 2 atom stereocenters. The van der Waals surface area contributed by atoms with Gasteiger partial charge in [0.1, 0.15) is 0 Å². The summed E-state index contributed by atoms with van der Waals surface area (Å²) in [6, 6.07) is 0. The molecule has 2 N–H and O–H groups in total. The number of allylic oxidation sites excluding steroid dienone is 3. The lowest BCUT2D eigenvalue weighted by atomic mass is 10.1. The summed E-state index contributed by atoms with van der Waals surface area (Å²) in [5.74, 6) is 10.6. The Balaban J connectivity index is 4.05. The monoisotopic (exact) mass is 204 g/mol. The van der Waals surface area contributed by atoms with Crippen molar-refractivity contribution in [3.05, 3.63) is 24.3 Å². The fourth-order valence-electron chi connectivity index (χ4n) is 0.755. The zero-order valence-corrected chi connectivity index (χ0v) is 9.07. The Morgan fingerprint density at radius 2 is 1.73 bits per heavy atom. The molecule has 0 spiro atoms. The number of aliphatic hydroxyl groups excluding tert-OH is 2. The van der Waals surface area contributed by atoms with Crippen molar-refractivity contribution in [2.75, 3.05) is 0 Å². The van der Waals surface area contributed by atoms with Gasteiger partial charge in [0, 0.05) is 0 Å². The minimum absolute atomic E-state index is 0.514. The number of hydrogen-bond acceptors (Lipinski definition) is 2. The normalized spacial score (nSPS) is 14.1. The third-order valence-electron chi connectivity index (χ3n) is 1.65. The summed E-state index contributed by atoms with van der Waals surface area (Å²) in [7, 11) is 0. The van der Waals surface area contributed by atoms with Crippen LogP contribution in [0.4, 0.5) is 0 Å². The van der Waals surface area contributed by atoms with Crippen molar-refractivity contribution in [3.63, 3.8) is 0 Å². The predicted octanol–water partition coefficient (Wildman–Crippen LogP) is 1.26. The van der Waals surface area contributed by atoms with Crippen LogP contribution in [0.2, 0.25) is 0 Å². The summed E-state index contributed by atoms with van der Waals surface area (Å²) in [5, 5.41) is 18.5. The highest BCUT2D eigenvalue weighted by Gasteiger charge is 2.08. The van der Waals surface area contributed by atoms with Gasteiger partial charge in [-0.25, -0.2) is 0 Å². The molecule has 0 bridgehead atoms. The van der Waals surface area contributed by atoms with E-state index in [1.807, 2.05) is 13.0 Å². The molecule has 0 heterocycles. The molecule has 2 nitrogen and oxygen atoms in total. The molecule has 0 fully saturated rings. The Labute approximate surface area is 91.3 Å². The van der Waals surface area contributed by atoms with Crippen LogP contribution >= 0.6 is 0 Å². The van der Waals surface area contributed by atoms with E-state index in [4.69, 9.17) is 0 Å². The van der Waals surface area contributed by atoms with Gasteiger partial charge in [-0.1, -0.05) is 24.8 Å². The van der Waals surface area contributed by atoms with Gasteiger partial charge in [-0.3, -0.25) is 0 Å². The lowest BCUT2D eigenvalue weighted by Crippen LogP contribution is -2.22. The molecule has 0 amide bonds. The highest BCUT2D eigenvalue weighted by atomic mass is 16.3.